The summed E-state index contributed by atoms with van der Waals surface area (Å²) in [6.45, 7) is 0.687. The summed E-state index contributed by atoms with van der Waals surface area (Å²) in [6.07, 6.45) is 0. The number of halogens is 2. The molecule has 32 heavy (non-hydrogen) atoms. The number of hydrogen-bond donors (Lipinski definition) is 1. The van der Waals surface area contributed by atoms with Gasteiger partial charge in [0.2, 0.25) is 0 Å². The lowest BCUT2D eigenvalue weighted by Crippen LogP contribution is -2.33. The average molecular weight is 514 g/mol. The van der Waals surface area contributed by atoms with E-state index in [9.17, 15) is 10.1 Å². The second-order valence-electron chi connectivity index (χ2n) is 6.94. The van der Waals surface area contributed by atoms with Crippen molar-refractivity contribution in [3.05, 3.63) is 86.8 Å². The summed E-state index contributed by atoms with van der Waals surface area (Å²) in [6, 6.07) is 19.5. The zero-order valence-corrected chi connectivity index (χ0v) is 19.2. The van der Waals surface area contributed by atoms with Crippen LogP contribution in [-0.2, 0) is 4.79 Å². The third-order valence-corrected chi connectivity index (χ3v) is 5.87. The molecule has 1 heterocycles. The summed E-state index contributed by atoms with van der Waals surface area (Å²) in [5.74, 6) is 1.23. The lowest BCUT2D eigenvalue weighted by atomic mass is 9.98. The normalized spacial score (nSPS) is 13.0. The molecule has 3 aromatic rings. The maximum absolute atomic E-state index is 12.8. The van der Waals surface area contributed by atoms with Crippen molar-refractivity contribution in [3.8, 4) is 23.3 Å². The first kappa shape index (κ1) is 22.0. The van der Waals surface area contributed by atoms with Gasteiger partial charge >= 0.3 is 0 Å². The summed E-state index contributed by atoms with van der Waals surface area (Å²) in [5.41, 5.74) is 1.85. The monoisotopic (exact) mass is 512 g/mol. The first-order valence-electron chi connectivity index (χ1n) is 9.81. The quantitative estimate of drug-likeness (QED) is 0.500. The number of nitrogens with one attached hydrogen (secondary N) is 1. The van der Waals surface area contributed by atoms with Gasteiger partial charge in [0.1, 0.15) is 30.6 Å². The smallest absolute Gasteiger partial charge is 0.258 e. The van der Waals surface area contributed by atoms with Crippen LogP contribution in [0.25, 0.3) is 0 Å². The molecule has 6 nitrogen and oxygen atoms in total. The summed E-state index contributed by atoms with van der Waals surface area (Å²) in [4.78, 5) is 12.8. The number of nitriles is 1. The molecule has 1 amide bonds. The summed E-state index contributed by atoms with van der Waals surface area (Å²) >= 11 is 9.76. The van der Waals surface area contributed by atoms with E-state index in [1.54, 1.807) is 24.3 Å². The van der Waals surface area contributed by atoms with Crippen LogP contribution >= 0.6 is 27.5 Å². The highest BCUT2D eigenvalue weighted by atomic mass is 79.9. The summed E-state index contributed by atoms with van der Waals surface area (Å²) in [7, 11) is 0. The zero-order chi connectivity index (χ0) is 22.5. The fourth-order valence-corrected chi connectivity index (χ4v) is 4.05. The van der Waals surface area contributed by atoms with Crippen molar-refractivity contribution in [3.63, 3.8) is 0 Å². The topological polar surface area (TPSA) is 80.6 Å². The van der Waals surface area contributed by atoms with Gasteiger partial charge in [0.05, 0.1) is 6.04 Å². The molecule has 3 aromatic carbocycles. The first-order chi connectivity index (χ1) is 15.6. The van der Waals surface area contributed by atoms with Crippen molar-refractivity contribution in [1.29, 1.82) is 5.26 Å². The molecule has 0 saturated carbocycles. The van der Waals surface area contributed by atoms with Crippen LogP contribution in [0.4, 0.5) is 0 Å². The fourth-order valence-electron chi connectivity index (χ4n) is 3.37. The first-order valence-corrected chi connectivity index (χ1v) is 11.0. The Morgan fingerprint density at radius 2 is 1.91 bits per heavy atom. The van der Waals surface area contributed by atoms with Crippen molar-refractivity contribution in [2.45, 2.75) is 6.04 Å². The van der Waals surface area contributed by atoms with Gasteiger partial charge in [-0.15, -0.1) is 0 Å². The molecule has 1 unspecified atom stereocenters. The highest BCUT2D eigenvalue weighted by Gasteiger charge is 2.22. The van der Waals surface area contributed by atoms with Crippen molar-refractivity contribution < 1.29 is 19.0 Å². The lowest BCUT2D eigenvalue weighted by Gasteiger charge is -2.24. The summed E-state index contributed by atoms with van der Waals surface area (Å²) < 4.78 is 17.5. The predicted molar refractivity (Wildman–Crippen MR) is 123 cm³/mol. The number of ether oxygens (including phenoxy) is 3. The lowest BCUT2D eigenvalue weighted by molar-refractivity contribution is -0.123. The molecule has 8 heteroatoms. The van der Waals surface area contributed by atoms with Crippen LogP contribution in [0.5, 0.6) is 17.2 Å². The highest BCUT2D eigenvalue weighted by Crippen LogP contribution is 2.36. The molecule has 1 atom stereocenters. The molecule has 0 bridgehead atoms. The Hall–Kier alpha value is -3.21. The van der Waals surface area contributed by atoms with Crippen LogP contribution in [0.3, 0.4) is 0 Å². The number of hydrogen-bond acceptors (Lipinski definition) is 5. The maximum atomic E-state index is 12.8. The number of amides is 1. The Labute approximate surface area is 198 Å². The van der Waals surface area contributed by atoms with E-state index in [1.807, 2.05) is 36.4 Å². The van der Waals surface area contributed by atoms with Crippen molar-refractivity contribution >= 4 is 33.4 Å². The minimum Gasteiger partial charge on any atom is -0.486 e. The summed E-state index contributed by atoms with van der Waals surface area (Å²) in [5, 5.41) is 12.8. The van der Waals surface area contributed by atoms with Gasteiger partial charge in [-0.25, -0.2) is 0 Å². The highest BCUT2D eigenvalue weighted by molar-refractivity contribution is 9.10. The average Bonchev–Trinajstić information content (AvgIpc) is 2.81. The molecule has 0 saturated heterocycles. The minimum absolute atomic E-state index is 0.267. The van der Waals surface area contributed by atoms with E-state index in [4.69, 9.17) is 25.8 Å². The van der Waals surface area contributed by atoms with Crippen LogP contribution in [-0.4, -0.2) is 25.7 Å². The Morgan fingerprint density at radius 3 is 2.69 bits per heavy atom. The molecule has 162 valence electrons. The molecule has 0 radical (unpaired) electrons. The number of benzene rings is 3. The zero-order valence-electron chi connectivity index (χ0n) is 16.8. The predicted octanol–water partition coefficient (Wildman–Crippen LogP) is 5.03. The molecule has 1 N–H and O–H groups in total. The molecule has 0 aromatic heterocycles. The van der Waals surface area contributed by atoms with Crippen molar-refractivity contribution in [2.75, 3.05) is 19.8 Å². The van der Waals surface area contributed by atoms with Gasteiger partial charge in [-0.3, -0.25) is 4.79 Å². The third-order valence-electron chi connectivity index (χ3n) is 4.87. The number of carbonyl (C=O) groups excluding carboxylic acids is 1. The second kappa shape index (κ2) is 9.94. The fraction of sp³-hybridized carbons (Fsp3) is 0.167. The Balaban J connectivity index is 1.58. The van der Waals surface area contributed by atoms with Gasteiger partial charge < -0.3 is 19.5 Å². The van der Waals surface area contributed by atoms with E-state index in [0.29, 0.717) is 45.5 Å². The molecule has 1 aliphatic rings. The molecule has 0 spiro atoms. The van der Waals surface area contributed by atoms with E-state index in [-0.39, 0.29) is 12.5 Å². The van der Waals surface area contributed by atoms with E-state index < -0.39 is 6.04 Å². The van der Waals surface area contributed by atoms with E-state index >= 15 is 0 Å². The number of rotatable bonds is 6. The van der Waals surface area contributed by atoms with Crippen LogP contribution in [0.2, 0.25) is 5.02 Å². The molecular weight excluding hydrogens is 496 g/mol. The molecule has 4 rings (SSSR count). The van der Waals surface area contributed by atoms with Gasteiger partial charge in [-0.1, -0.05) is 41.9 Å². The minimum atomic E-state index is -0.534. The third kappa shape index (κ3) is 4.82. The van der Waals surface area contributed by atoms with Crippen LogP contribution in [0.1, 0.15) is 22.7 Å². The molecular formula is C24H18BrClN2O4. The molecule has 0 fully saturated rings. The second-order valence-corrected chi connectivity index (χ2v) is 8.20. The van der Waals surface area contributed by atoms with E-state index in [0.717, 1.165) is 11.1 Å². The van der Waals surface area contributed by atoms with Crippen molar-refractivity contribution in [1.82, 2.24) is 5.32 Å². The van der Waals surface area contributed by atoms with Gasteiger partial charge in [-0.2, -0.15) is 5.26 Å². The Kier molecular flexibility index (Phi) is 6.84. The largest absolute Gasteiger partial charge is 0.486 e. The number of carbonyl (C=O) groups is 1. The molecule has 1 aliphatic heterocycles. The Morgan fingerprint density at radius 1 is 1.12 bits per heavy atom. The molecule has 0 aliphatic carbocycles. The van der Waals surface area contributed by atoms with Gasteiger partial charge in [-0.05, 0) is 57.4 Å². The van der Waals surface area contributed by atoms with Gasteiger partial charge in [0.15, 0.2) is 18.1 Å². The number of fused-ring (bicyclic) bond motifs is 1. The van der Waals surface area contributed by atoms with Gasteiger partial charge in [0, 0.05) is 9.50 Å². The standard InChI is InChI=1S/C24H18BrClN2O4/c25-18-5-3-7-20(17(18)13-27)32-14-23(29)28-24(16-4-1-2-6-19(16)26)15-8-9-21-22(12-15)31-11-10-30-21/h1-9,12,24H,10-11,14H2,(H,28,29). The maximum Gasteiger partial charge on any atom is 0.258 e. The van der Waals surface area contributed by atoms with Crippen LogP contribution < -0.4 is 19.5 Å². The SMILES string of the molecule is N#Cc1c(Br)cccc1OCC(=O)NC(c1ccc2c(c1)OCCO2)c1ccccc1Cl. The van der Waals surface area contributed by atoms with Crippen LogP contribution in [0.15, 0.2) is 65.1 Å². The van der Waals surface area contributed by atoms with E-state index in [1.165, 1.54) is 0 Å². The van der Waals surface area contributed by atoms with Crippen LogP contribution in [0, 0.1) is 11.3 Å². The Bertz CT molecular complexity index is 1190. The number of nitrogens with zero attached hydrogens (tertiary/aromatic N) is 1. The van der Waals surface area contributed by atoms with E-state index in [2.05, 4.69) is 27.3 Å². The van der Waals surface area contributed by atoms with Crippen molar-refractivity contribution in [2.24, 2.45) is 0 Å². The van der Waals surface area contributed by atoms with Gasteiger partial charge in [0.25, 0.3) is 5.91 Å².